The van der Waals surface area contributed by atoms with Gasteiger partial charge in [0.05, 0.1) is 27.7 Å². The summed E-state index contributed by atoms with van der Waals surface area (Å²) in [6, 6.07) is 0. The second-order valence-electron chi connectivity index (χ2n) is 21.7. The minimum absolute atomic E-state index is 0.0255. The first kappa shape index (κ1) is 67.0. The number of nitrogens with zero attached hydrogens (tertiary/aromatic N) is 1. The second-order valence-corrected chi connectivity index (χ2v) is 23.1. The Kier molecular flexibility index (Phi) is 50.2. The van der Waals surface area contributed by atoms with Crippen molar-refractivity contribution in [1.29, 1.82) is 0 Å². The molecule has 9 nitrogen and oxygen atoms in total. The van der Waals surface area contributed by atoms with Crippen LogP contribution in [0.4, 0.5) is 0 Å². The van der Waals surface area contributed by atoms with E-state index in [4.69, 9.17) is 18.5 Å². The fourth-order valence-corrected chi connectivity index (χ4v) is 9.74. The van der Waals surface area contributed by atoms with Crippen LogP contribution in [0.15, 0.2) is 0 Å². The molecule has 0 aromatic rings. The molecule has 0 radical (unpaired) electrons. The van der Waals surface area contributed by atoms with Crippen molar-refractivity contribution in [2.45, 2.75) is 315 Å². The smallest absolute Gasteiger partial charge is 0.306 e. The quantitative estimate of drug-likeness (QED) is 0.0256. The molecule has 0 aromatic heterocycles. The first-order valence-electron chi connectivity index (χ1n) is 29.7. The summed E-state index contributed by atoms with van der Waals surface area (Å²) in [6.45, 7) is 4.28. The normalized spacial score (nSPS) is 13.2. The summed E-state index contributed by atoms with van der Waals surface area (Å²) in [7, 11) is 1.19. The topological polar surface area (TPSA) is 111 Å². The number of carbonyl (C=O) groups is 2. The number of phosphoric ester groups is 1. The lowest BCUT2D eigenvalue weighted by Gasteiger charge is -2.28. The van der Waals surface area contributed by atoms with Gasteiger partial charge in [0, 0.05) is 12.8 Å². The van der Waals surface area contributed by atoms with Gasteiger partial charge in [-0.05, 0) is 12.8 Å². The molecule has 0 saturated heterocycles. The van der Waals surface area contributed by atoms with Gasteiger partial charge in [0.2, 0.25) is 0 Å². The summed E-state index contributed by atoms with van der Waals surface area (Å²) in [5.41, 5.74) is 0. The van der Waals surface area contributed by atoms with E-state index in [-0.39, 0.29) is 32.0 Å². The van der Waals surface area contributed by atoms with Crippen LogP contribution < -0.4 is 4.89 Å². The zero-order chi connectivity index (χ0) is 49.9. The lowest BCUT2D eigenvalue weighted by Crippen LogP contribution is -2.37. The number of likely N-dealkylation sites (N-methyl/N-ethyl adjacent to an activating group) is 1. The van der Waals surface area contributed by atoms with Crippen molar-refractivity contribution in [3.8, 4) is 0 Å². The molecule has 0 aliphatic rings. The molecule has 0 fully saturated rings. The van der Waals surface area contributed by atoms with Crippen molar-refractivity contribution in [3.05, 3.63) is 0 Å². The van der Waals surface area contributed by atoms with Crippen LogP contribution in [0.5, 0.6) is 0 Å². The highest BCUT2D eigenvalue weighted by molar-refractivity contribution is 7.45. The summed E-state index contributed by atoms with van der Waals surface area (Å²) in [6.07, 6.45) is 57.6. The Morgan fingerprint density at radius 2 is 0.662 bits per heavy atom. The van der Waals surface area contributed by atoms with Crippen molar-refractivity contribution in [2.75, 3.05) is 47.5 Å². The molecule has 68 heavy (non-hydrogen) atoms. The second kappa shape index (κ2) is 50.9. The minimum Gasteiger partial charge on any atom is -0.756 e. The van der Waals surface area contributed by atoms with Gasteiger partial charge in [0.25, 0.3) is 7.82 Å². The van der Waals surface area contributed by atoms with Gasteiger partial charge in [-0.2, -0.15) is 0 Å². The molecule has 0 spiro atoms. The molecule has 0 N–H and O–H groups in total. The zero-order valence-corrected chi connectivity index (χ0v) is 47.0. The van der Waals surface area contributed by atoms with Crippen molar-refractivity contribution in [1.82, 2.24) is 0 Å². The van der Waals surface area contributed by atoms with Crippen molar-refractivity contribution >= 4 is 19.8 Å². The Bertz CT molecular complexity index is 1120. The van der Waals surface area contributed by atoms with Crippen LogP contribution in [-0.2, 0) is 32.7 Å². The molecule has 0 amide bonds. The summed E-state index contributed by atoms with van der Waals surface area (Å²) in [5, 5.41) is 0. The molecule has 0 bridgehead atoms. The number of hydrogen-bond donors (Lipinski definition) is 0. The van der Waals surface area contributed by atoms with Crippen molar-refractivity contribution in [3.63, 3.8) is 0 Å². The van der Waals surface area contributed by atoms with Gasteiger partial charge < -0.3 is 27.9 Å². The zero-order valence-electron chi connectivity index (χ0n) is 46.1. The molecule has 406 valence electrons. The largest absolute Gasteiger partial charge is 0.756 e. The molecule has 10 heteroatoms. The summed E-state index contributed by atoms with van der Waals surface area (Å²) < 4.78 is 34.0. The number of rotatable bonds is 56. The summed E-state index contributed by atoms with van der Waals surface area (Å²) in [4.78, 5) is 37.7. The Morgan fingerprint density at radius 3 is 0.941 bits per heavy atom. The third-order valence-corrected chi connectivity index (χ3v) is 14.6. The lowest BCUT2D eigenvalue weighted by atomic mass is 10.0. The SMILES string of the molecule is CCCCCCCCCCCCCCCCCCCCCCCCCCCCCCCCCCCCC(=O)OC(COC(=O)CCCCCCCCCCCC)COP(=O)([O-])OCC[N+](C)(C)C. The fraction of sp³-hybridized carbons (Fsp3) is 0.966. The molecular formula is C58H116NO8P. The molecule has 0 saturated carbocycles. The number of ether oxygens (including phenoxy) is 2. The van der Waals surface area contributed by atoms with Gasteiger partial charge in [-0.1, -0.05) is 284 Å². The first-order chi connectivity index (χ1) is 33.0. The third kappa shape index (κ3) is 54.3. The van der Waals surface area contributed by atoms with Crippen LogP contribution in [0.25, 0.3) is 0 Å². The first-order valence-corrected chi connectivity index (χ1v) is 31.2. The predicted molar refractivity (Wildman–Crippen MR) is 287 cm³/mol. The van der Waals surface area contributed by atoms with Crippen LogP contribution in [0, 0.1) is 0 Å². The third-order valence-electron chi connectivity index (χ3n) is 13.6. The number of unbranched alkanes of at least 4 members (excludes halogenated alkanes) is 42. The number of esters is 2. The Balaban J connectivity index is 3.86. The fourth-order valence-electron chi connectivity index (χ4n) is 9.01. The van der Waals surface area contributed by atoms with E-state index in [2.05, 4.69) is 13.8 Å². The molecule has 0 heterocycles. The van der Waals surface area contributed by atoms with E-state index >= 15 is 0 Å². The Labute approximate surface area is 423 Å². The van der Waals surface area contributed by atoms with Crippen LogP contribution in [0.2, 0.25) is 0 Å². The Morgan fingerprint density at radius 1 is 0.397 bits per heavy atom. The maximum absolute atomic E-state index is 12.8. The average Bonchev–Trinajstić information content (AvgIpc) is 3.30. The van der Waals surface area contributed by atoms with Gasteiger partial charge in [-0.3, -0.25) is 14.2 Å². The highest BCUT2D eigenvalue weighted by atomic mass is 31.2. The van der Waals surface area contributed by atoms with E-state index in [0.717, 1.165) is 32.1 Å². The van der Waals surface area contributed by atoms with Gasteiger partial charge in [-0.15, -0.1) is 0 Å². The standard InChI is InChI=1S/C58H116NO8P/c1-6-8-10-12-14-16-18-19-20-21-22-23-24-25-26-27-28-29-30-31-32-33-34-35-36-37-38-39-40-41-43-45-47-49-51-58(61)67-56(55-66-68(62,63)65-53-52-59(3,4)5)54-64-57(60)50-48-46-44-42-17-15-13-11-9-7-2/h56H,6-55H2,1-5H3. The monoisotopic (exact) mass is 986 g/mol. The highest BCUT2D eigenvalue weighted by Gasteiger charge is 2.22. The molecule has 2 unspecified atom stereocenters. The van der Waals surface area contributed by atoms with Crippen LogP contribution in [0.1, 0.15) is 309 Å². The van der Waals surface area contributed by atoms with Crippen LogP contribution >= 0.6 is 7.82 Å². The van der Waals surface area contributed by atoms with Crippen LogP contribution in [-0.4, -0.2) is 70.0 Å². The number of phosphoric acid groups is 1. The molecular weight excluding hydrogens is 870 g/mol. The number of carbonyl (C=O) groups excluding carboxylic acids is 2. The van der Waals surface area contributed by atoms with Gasteiger partial charge in [-0.25, -0.2) is 0 Å². The molecule has 0 aliphatic heterocycles. The maximum Gasteiger partial charge on any atom is 0.306 e. The van der Waals surface area contributed by atoms with E-state index in [1.165, 1.54) is 244 Å². The lowest BCUT2D eigenvalue weighted by molar-refractivity contribution is -0.870. The number of hydrogen-bond acceptors (Lipinski definition) is 8. The van der Waals surface area contributed by atoms with Gasteiger partial charge in [0.1, 0.15) is 19.8 Å². The summed E-state index contributed by atoms with van der Waals surface area (Å²) >= 11 is 0. The molecule has 0 aromatic carbocycles. The summed E-state index contributed by atoms with van der Waals surface area (Å²) in [5.74, 6) is -0.816. The average molecular weight is 987 g/mol. The predicted octanol–water partition coefficient (Wildman–Crippen LogP) is 17.6. The number of quaternary nitrogens is 1. The Hall–Kier alpha value is -0.990. The van der Waals surface area contributed by atoms with Gasteiger partial charge in [0.15, 0.2) is 6.10 Å². The highest BCUT2D eigenvalue weighted by Crippen LogP contribution is 2.38. The molecule has 0 aliphatic carbocycles. The van der Waals surface area contributed by atoms with Crippen LogP contribution in [0.3, 0.4) is 0 Å². The van der Waals surface area contributed by atoms with E-state index in [1.807, 2.05) is 21.1 Å². The molecule has 0 rings (SSSR count). The van der Waals surface area contributed by atoms with E-state index in [1.54, 1.807) is 0 Å². The maximum atomic E-state index is 12.8. The van der Waals surface area contributed by atoms with Crippen molar-refractivity contribution in [2.24, 2.45) is 0 Å². The van der Waals surface area contributed by atoms with E-state index < -0.39 is 26.5 Å². The minimum atomic E-state index is -4.62. The van der Waals surface area contributed by atoms with Gasteiger partial charge >= 0.3 is 11.9 Å². The van der Waals surface area contributed by atoms with E-state index in [9.17, 15) is 19.0 Å². The molecule has 2 atom stereocenters. The van der Waals surface area contributed by atoms with E-state index in [0.29, 0.717) is 17.4 Å². The van der Waals surface area contributed by atoms with Crippen molar-refractivity contribution < 1.29 is 42.1 Å².